The lowest BCUT2D eigenvalue weighted by atomic mass is 10.2. The van der Waals surface area contributed by atoms with Crippen molar-refractivity contribution in [2.24, 2.45) is 0 Å². The number of H-pyrrole nitrogens is 1. The van der Waals surface area contributed by atoms with Gasteiger partial charge in [0.15, 0.2) is 0 Å². The minimum absolute atomic E-state index is 0.191. The van der Waals surface area contributed by atoms with E-state index in [1.165, 1.54) is 23.3 Å². The Balaban J connectivity index is 1.67. The van der Waals surface area contributed by atoms with Crippen molar-refractivity contribution in [2.45, 2.75) is 23.7 Å². The summed E-state index contributed by atoms with van der Waals surface area (Å²) in [6, 6.07) is 7.93. The molecule has 3 rings (SSSR count). The molecule has 24 heavy (non-hydrogen) atoms. The van der Waals surface area contributed by atoms with Crippen LogP contribution in [-0.2, 0) is 0 Å². The molecular weight excluding hydrogens is 344 g/mol. The van der Waals surface area contributed by atoms with Crippen molar-refractivity contribution in [1.82, 2.24) is 9.97 Å². The van der Waals surface area contributed by atoms with E-state index in [0.717, 1.165) is 20.8 Å². The molecule has 0 unspecified atom stereocenters. The Hall–Kier alpha value is -2.21. The molecule has 2 aromatic heterocycles. The molecule has 3 N–H and O–H groups in total. The van der Waals surface area contributed by atoms with Crippen LogP contribution in [0, 0.1) is 11.3 Å². The highest BCUT2D eigenvalue weighted by atomic mass is 32.2. The van der Waals surface area contributed by atoms with Crippen LogP contribution in [0.4, 0.5) is 5.69 Å². The Morgan fingerprint density at radius 2 is 2.33 bits per heavy atom. The maximum Gasteiger partial charge on any atom is 0.274 e. The van der Waals surface area contributed by atoms with Crippen LogP contribution in [0.5, 0.6) is 5.19 Å². The maximum absolute atomic E-state index is 9.67. The number of hydrogen-bond donors (Lipinski definition) is 3. The van der Waals surface area contributed by atoms with Crippen molar-refractivity contribution < 1.29 is 9.84 Å². The van der Waals surface area contributed by atoms with Gasteiger partial charge in [-0.2, -0.15) is 5.26 Å². The monoisotopic (exact) mass is 360 g/mol. The van der Waals surface area contributed by atoms with E-state index in [0.29, 0.717) is 10.8 Å². The number of ether oxygens (including phenoxy) is 1. The molecule has 0 amide bonds. The van der Waals surface area contributed by atoms with Crippen LogP contribution in [0.2, 0.25) is 0 Å². The van der Waals surface area contributed by atoms with Crippen LogP contribution in [-0.4, -0.2) is 27.3 Å². The number of aromatic nitrogens is 2. The molecule has 8 heteroatoms. The fourth-order valence-electron chi connectivity index (χ4n) is 2.03. The van der Waals surface area contributed by atoms with Gasteiger partial charge in [0, 0.05) is 11.6 Å². The van der Waals surface area contributed by atoms with E-state index in [1.807, 2.05) is 18.2 Å². The van der Waals surface area contributed by atoms with E-state index < -0.39 is 5.60 Å². The van der Waals surface area contributed by atoms with E-state index in [-0.39, 0.29) is 6.61 Å². The zero-order chi connectivity index (χ0) is 17.2. The number of rotatable bonds is 6. The van der Waals surface area contributed by atoms with E-state index in [2.05, 4.69) is 20.8 Å². The first-order valence-electron chi connectivity index (χ1n) is 7.20. The number of aliphatic hydroxyl groups is 1. The number of nitrogens with zero attached hydrogens (tertiary/aromatic N) is 2. The van der Waals surface area contributed by atoms with E-state index >= 15 is 0 Å². The van der Waals surface area contributed by atoms with Crippen molar-refractivity contribution in [3.8, 4) is 11.3 Å². The van der Waals surface area contributed by atoms with E-state index in [1.54, 1.807) is 26.2 Å². The summed E-state index contributed by atoms with van der Waals surface area (Å²) in [6.45, 7) is 3.56. The second kappa shape index (κ2) is 6.73. The van der Waals surface area contributed by atoms with Crippen molar-refractivity contribution in [3.63, 3.8) is 0 Å². The summed E-state index contributed by atoms with van der Waals surface area (Å²) >= 11 is 2.82. The zero-order valence-electron chi connectivity index (χ0n) is 13.2. The van der Waals surface area contributed by atoms with Crippen LogP contribution in [0.15, 0.2) is 34.8 Å². The molecule has 1 aromatic carbocycles. The maximum atomic E-state index is 9.67. The van der Waals surface area contributed by atoms with Gasteiger partial charge in [-0.3, -0.25) is 0 Å². The van der Waals surface area contributed by atoms with Crippen LogP contribution >= 0.6 is 23.3 Å². The number of nitriles is 1. The molecule has 2 heterocycles. The normalized spacial score (nSPS) is 11.4. The second-order valence-electron chi connectivity index (χ2n) is 5.79. The molecule has 124 valence electrons. The minimum atomic E-state index is -0.890. The predicted molar refractivity (Wildman–Crippen MR) is 96.4 cm³/mol. The molecule has 0 radical (unpaired) electrons. The molecule has 3 aromatic rings. The summed E-state index contributed by atoms with van der Waals surface area (Å²) in [5, 5.41) is 20.2. The lowest BCUT2D eigenvalue weighted by Crippen LogP contribution is -2.27. The van der Waals surface area contributed by atoms with E-state index in [9.17, 15) is 5.11 Å². The first-order chi connectivity index (χ1) is 11.5. The van der Waals surface area contributed by atoms with Crippen molar-refractivity contribution in [3.05, 3.63) is 36.2 Å². The highest BCUT2D eigenvalue weighted by Gasteiger charge is 2.15. The third kappa shape index (κ3) is 3.82. The summed E-state index contributed by atoms with van der Waals surface area (Å²) in [5.74, 6) is 0. The highest BCUT2D eigenvalue weighted by Crippen LogP contribution is 2.33. The van der Waals surface area contributed by atoms with Gasteiger partial charge in [0.25, 0.3) is 5.19 Å². The van der Waals surface area contributed by atoms with Gasteiger partial charge in [-0.15, -0.1) is 0 Å². The molecule has 6 nitrogen and oxygen atoms in total. The van der Waals surface area contributed by atoms with Gasteiger partial charge in [-0.1, -0.05) is 23.5 Å². The number of fused-ring (bicyclic) bond motifs is 1. The van der Waals surface area contributed by atoms with Gasteiger partial charge in [0.1, 0.15) is 16.9 Å². The fraction of sp³-hybridized carbons (Fsp3) is 0.250. The first-order valence-corrected chi connectivity index (χ1v) is 8.83. The van der Waals surface area contributed by atoms with Crippen LogP contribution in [0.3, 0.4) is 0 Å². The standard InChI is InChI=1S/C16H16N4O2S2/c1-16(2,21)9-22-15-19-8-13(23-15)24-20-12-5-3-4-11-10(6-17)7-18-14(11)12/h3-5,7-8,18,20-21H,9H2,1-2H3. The van der Waals surface area contributed by atoms with Gasteiger partial charge >= 0.3 is 0 Å². The van der Waals surface area contributed by atoms with Gasteiger partial charge < -0.3 is 19.5 Å². The highest BCUT2D eigenvalue weighted by molar-refractivity contribution is 8.02. The summed E-state index contributed by atoms with van der Waals surface area (Å²) < 4.78 is 9.67. The van der Waals surface area contributed by atoms with Gasteiger partial charge in [-0.25, -0.2) is 4.98 Å². The zero-order valence-corrected chi connectivity index (χ0v) is 14.8. The largest absolute Gasteiger partial charge is 0.467 e. The predicted octanol–water partition coefficient (Wildman–Crippen LogP) is 3.76. The Morgan fingerprint density at radius 3 is 3.08 bits per heavy atom. The molecule has 0 saturated carbocycles. The minimum Gasteiger partial charge on any atom is -0.467 e. The van der Waals surface area contributed by atoms with Gasteiger partial charge in [-0.05, 0) is 31.9 Å². The molecular formula is C16H16N4O2S2. The first kappa shape index (κ1) is 16.6. The molecule has 0 aliphatic heterocycles. The average Bonchev–Trinajstić information content (AvgIpc) is 3.17. The molecule has 0 spiro atoms. The molecule has 0 atom stereocenters. The molecule has 0 saturated heterocycles. The smallest absolute Gasteiger partial charge is 0.274 e. The van der Waals surface area contributed by atoms with Crippen LogP contribution in [0.25, 0.3) is 10.9 Å². The van der Waals surface area contributed by atoms with Crippen molar-refractivity contribution in [2.75, 3.05) is 11.3 Å². The lowest BCUT2D eigenvalue weighted by molar-refractivity contribution is 0.0284. The van der Waals surface area contributed by atoms with Gasteiger partial charge in [0.05, 0.1) is 28.6 Å². The Kier molecular flexibility index (Phi) is 4.66. The van der Waals surface area contributed by atoms with Crippen molar-refractivity contribution >= 4 is 39.9 Å². The Morgan fingerprint density at radius 1 is 1.50 bits per heavy atom. The number of nitrogens with one attached hydrogen (secondary N) is 2. The quantitative estimate of drug-likeness (QED) is 0.579. The Bertz CT molecular complexity index is 889. The molecule has 0 aliphatic carbocycles. The SMILES string of the molecule is CC(C)(O)COc1ncc(SNc2cccc3c(C#N)c[nH]c23)s1. The fourth-order valence-corrected chi connectivity index (χ4v) is 3.53. The van der Waals surface area contributed by atoms with Crippen molar-refractivity contribution in [1.29, 1.82) is 5.26 Å². The number of aromatic amines is 1. The lowest BCUT2D eigenvalue weighted by Gasteiger charge is -2.15. The molecule has 0 fully saturated rings. The number of hydrogen-bond acceptors (Lipinski definition) is 7. The van der Waals surface area contributed by atoms with Gasteiger partial charge in [0.2, 0.25) is 0 Å². The number of thiazole rings is 1. The summed E-state index contributed by atoms with van der Waals surface area (Å²) in [6.07, 6.45) is 3.42. The third-order valence-electron chi connectivity index (χ3n) is 3.11. The summed E-state index contributed by atoms with van der Waals surface area (Å²) in [7, 11) is 0. The number of benzene rings is 1. The summed E-state index contributed by atoms with van der Waals surface area (Å²) in [4.78, 5) is 7.31. The summed E-state index contributed by atoms with van der Waals surface area (Å²) in [5.41, 5.74) is 1.52. The topological polar surface area (TPSA) is 94.0 Å². The second-order valence-corrected chi connectivity index (χ2v) is 7.89. The van der Waals surface area contributed by atoms with E-state index in [4.69, 9.17) is 10.00 Å². The molecule has 0 aliphatic rings. The number of anilines is 1. The Labute approximate surface area is 147 Å². The molecule has 0 bridgehead atoms. The van der Waals surface area contributed by atoms with Crippen LogP contribution < -0.4 is 9.46 Å². The number of para-hydroxylation sites is 1. The third-order valence-corrected chi connectivity index (χ3v) is 4.94. The van der Waals surface area contributed by atoms with Crippen LogP contribution in [0.1, 0.15) is 19.4 Å². The average molecular weight is 360 g/mol.